The van der Waals surface area contributed by atoms with Gasteiger partial charge in [-0.1, -0.05) is 30.3 Å². The molecule has 0 fully saturated rings. The molecule has 35 heavy (non-hydrogen) atoms. The zero-order valence-corrected chi connectivity index (χ0v) is 18.7. The molecule has 0 N–H and O–H groups in total. The fourth-order valence-corrected chi connectivity index (χ4v) is 3.83. The summed E-state index contributed by atoms with van der Waals surface area (Å²) in [6.45, 7) is 3.68. The van der Waals surface area contributed by atoms with Crippen LogP contribution in [0, 0.1) is 0 Å². The van der Waals surface area contributed by atoms with Gasteiger partial charge < -0.3 is 0 Å². The summed E-state index contributed by atoms with van der Waals surface area (Å²) in [5, 5.41) is 9.42. The molecule has 0 radical (unpaired) electrons. The molecular weight excluding hydrogens is 474 g/mol. The maximum absolute atomic E-state index is 13.3. The number of hydrogen-bond acceptors (Lipinski definition) is 3. The Morgan fingerprint density at radius 1 is 0.971 bits per heavy atom. The Balaban J connectivity index is 1.65. The molecule has 0 aliphatic carbocycles. The minimum atomic E-state index is -4.98. The summed E-state index contributed by atoms with van der Waals surface area (Å²) in [7, 11) is 0. The van der Waals surface area contributed by atoms with Crippen molar-refractivity contribution < 1.29 is 31.1 Å². The monoisotopic (exact) mass is 494 g/mol. The van der Waals surface area contributed by atoms with Gasteiger partial charge in [0.05, 0.1) is 40.7 Å². The van der Waals surface area contributed by atoms with Crippen LogP contribution in [0.2, 0.25) is 0 Å². The Morgan fingerprint density at radius 2 is 1.57 bits per heavy atom. The molecule has 0 bridgehead atoms. The standard InChI is InChI=1S/C24H20F6N4O/c1-22(2)11-20(16-8-18(23(25,26)27)10-19(9-16)24(28,29)30)32-34(22)21(35)17-12-31-33(14-17)13-15-6-4-3-5-7-15/h3-10,12,14H,11,13H2,1-2H3. The predicted molar refractivity (Wildman–Crippen MR) is 116 cm³/mol. The first-order valence-corrected chi connectivity index (χ1v) is 10.5. The molecular formula is C24H20F6N4O. The van der Waals surface area contributed by atoms with Crippen molar-refractivity contribution in [2.24, 2.45) is 5.10 Å². The molecule has 5 nitrogen and oxygen atoms in total. The Hall–Kier alpha value is -3.63. The van der Waals surface area contributed by atoms with Crippen LogP contribution in [0.25, 0.3) is 0 Å². The summed E-state index contributed by atoms with van der Waals surface area (Å²) in [4.78, 5) is 13.2. The molecule has 4 rings (SSSR count). The second-order valence-corrected chi connectivity index (χ2v) is 8.86. The minimum Gasteiger partial charge on any atom is -0.268 e. The molecule has 2 heterocycles. The van der Waals surface area contributed by atoms with Gasteiger partial charge >= 0.3 is 12.4 Å². The molecule has 0 unspecified atom stereocenters. The van der Waals surface area contributed by atoms with Crippen molar-refractivity contribution in [1.29, 1.82) is 0 Å². The zero-order chi connectivity index (χ0) is 25.6. The van der Waals surface area contributed by atoms with Crippen molar-refractivity contribution in [1.82, 2.24) is 14.8 Å². The van der Waals surface area contributed by atoms with Gasteiger partial charge in [-0.15, -0.1) is 0 Å². The maximum atomic E-state index is 13.3. The second kappa shape index (κ2) is 8.54. The van der Waals surface area contributed by atoms with E-state index < -0.39 is 34.9 Å². The van der Waals surface area contributed by atoms with Gasteiger partial charge in [0.25, 0.3) is 5.91 Å². The lowest BCUT2D eigenvalue weighted by Gasteiger charge is -2.28. The number of alkyl halides is 6. The lowest BCUT2D eigenvalue weighted by Crippen LogP contribution is -2.40. The van der Waals surface area contributed by atoms with E-state index in [0.29, 0.717) is 18.7 Å². The summed E-state index contributed by atoms with van der Waals surface area (Å²) in [5.74, 6) is -0.563. The molecule has 2 aromatic carbocycles. The van der Waals surface area contributed by atoms with E-state index in [1.807, 2.05) is 30.3 Å². The number of rotatable bonds is 4. The van der Waals surface area contributed by atoms with E-state index in [4.69, 9.17) is 0 Å². The van der Waals surface area contributed by atoms with Crippen LogP contribution in [-0.4, -0.2) is 31.9 Å². The van der Waals surface area contributed by atoms with Crippen LogP contribution in [0.5, 0.6) is 0 Å². The maximum Gasteiger partial charge on any atom is 0.416 e. The molecule has 0 saturated heterocycles. The Kier molecular flexibility index (Phi) is 5.98. The third-order valence-corrected chi connectivity index (χ3v) is 5.57. The number of nitrogens with zero attached hydrogens (tertiary/aromatic N) is 4. The van der Waals surface area contributed by atoms with Crippen molar-refractivity contribution >= 4 is 11.6 Å². The first-order valence-electron chi connectivity index (χ1n) is 10.5. The van der Waals surface area contributed by atoms with E-state index in [1.165, 1.54) is 12.4 Å². The van der Waals surface area contributed by atoms with Gasteiger partial charge in [-0.05, 0) is 43.2 Å². The highest BCUT2D eigenvalue weighted by Crippen LogP contribution is 2.38. The average Bonchev–Trinajstić information content (AvgIpc) is 3.36. The van der Waals surface area contributed by atoms with Gasteiger partial charge in [-0.3, -0.25) is 9.48 Å². The first kappa shape index (κ1) is 24.5. The zero-order valence-electron chi connectivity index (χ0n) is 18.7. The van der Waals surface area contributed by atoms with Gasteiger partial charge in [0.1, 0.15) is 0 Å². The van der Waals surface area contributed by atoms with Crippen LogP contribution in [-0.2, 0) is 18.9 Å². The number of hydrazone groups is 1. The van der Waals surface area contributed by atoms with E-state index >= 15 is 0 Å². The molecule has 1 aliphatic heterocycles. The van der Waals surface area contributed by atoms with Crippen LogP contribution in [0.15, 0.2) is 66.0 Å². The predicted octanol–water partition coefficient (Wildman–Crippen LogP) is 6.00. The van der Waals surface area contributed by atoms with Gasteiger partial charge in [0.15, 0.2) is 0 Å². The number of aromatic nitrogens is 2. The van der Waals surface area contributed by atoms with E-state index in [1.54, 1.807) is 18.5 Å². The smallest absolute Gasteiger partial charge is 0.268 e. The highest BCUT2D eigenvalue weighted by Gasteiger charge is 2.42. The van der Waals surface area contributed by atoms with Crippen molar-refractivity contribution in [3.05, 3.63) is 88.7 Å². The Morgan fingerprint density at radius 3 is 2.14 bits per heavy atom. The van der Waals surface area contributed by atoms with Gasteiger partial charge in [-0.25, -0.2) is 5.01 Å². The van der Waals surface area contributed by atoms with Crippen LogP contribution < -0.4 is 0 Å². The van der Waals surface area contributed by atoms with E-state index in [-0.39, 0.29) is 29.3 Å². The van der Waals surface area contributed by atoms with Crippen LogP contribution in [0.3, 0.4) is 0 Å². The molecule has 1 aromatic heterocycles. The van der Waals surface area contributed by atoms with Gasteiger partial charge in [0.2, 0.25) is 0 Å². The number of hydrogen-bond donors (Lipinski definition) is 0. The minimum absolute atomic E-state index is 0.0322. The van der Waals surface area contributed by atoms with E-state index in [9.17, 15) is 31.1 Å². The largest absolute Gasteiger partial charge is 0.416 e. The van der Waals surface area contributed by atoms with Crippen molar-refractivity contribution in [2.45, 2.75) is 44.7 Å². The molecule has 0 atom stereocenters. The fourth-order valence-electron chi connectivity index (χ4n) is 3.83. The number of carbonyl (C=O) groups excluding carboxylic acids is 1. The average molecular weight is 494 g/mol. The van der Waals surface area contributed by atoms with Crippen molar-refractivity contribution in [3.8, 4) is 0 Å². The Labute approximate surface area is 196 Å². The molecule has 3 aromatic rings. The van der Waals surface area contributed by atoms with Gasteiger partial charge in [-0.2, -0.15) is 36.5 Å². The fraction of sp³-hybridized carbons (Fsp3) is 0.292. The number of carbonyl (C=O) groups is 1. The number of halogens is 6. The van der Waals surface area contributed by atoms with Crippen LogP contribution >= 0.6 is 0 Å². The normalized spacial score (nSPS) is 15.9. The first-order chi connectivity index (χ1) is 16.2. The number of amides is 1. The SMILES string of the molecule is CC1(C)CC(c2cc(C(F)(F)F)cc(C(F)(F)F)c2)=NN1C(=O)c1cnn(Cc2ccccc2)c1. The quantitative estimate of drug-likeness (QED) is 0.418. The molecule has 0 saturated carbocycles. The van der Waals surface area contributed by atoms with E-state index in [2.05, 4.69) is 10.2 Å². The highest BCUT2D eigenvalue weighted by molar-refractivity contribution is 6.05. The second-order valence-electron chi connectivity index (χ2n) is 8.86. The number of benzene rings is 2. The van der Waals surface area contributed by atoms with Crippen LogP contribution in [0.4, 0.5) is 26.3 Å². The van der Waals surface area contributed by atoms with Gasteiger partial charge in [0, 0.05) is 12.6 Å². The van der Waals surface area contributed by atoms with Crippen molar-refractivity contribution in [2.75, 3.05) is 0 Å². The summed E-state index contributed by atoms with van der Waals surface area (Å²) >= 11 is 0. The van der Waals surface area contributed by atoms with Crippen LogP contribution in [0.1, 0.15) is 52.9 Å². The lowest BCUT2D eigenvalue weighted by molar-refractivity contribution is -0.143. The molecule has 1 amide bonds. The molecule has 0 spiro atoms. The summed E-state index contributed by atoms with van der Waals surface area (Å²) in [6, 6.07) is 10.7. The summed E-state index contributed by atoms with van der Waals surface area (Å²) < 4.78 is 81.2. The van der Waals surface area contributed by atoms with E-state index in [0.717, 1.165) is 10.6 Å². The highest BCUT2D eigenvalue weighted by atomic mass is 19.4. The summed E-state index contributed by atoms with van der Waals surface area (Å²) in [6.07, 6.45) is -7.12. The third kappa shape index (κ3) is 5.23. The van der Waals surface area contributed by atoms with Crippen molar-refractivity contribution in [3.63, 3.8) is 0 Å². The topological polar surface area (TPSA) is 50.5 Å². The Bertz CT molecular complexity index is 1240. The molecule has 184 valence electrons. The summed E-state index contributed by atoms with van der Waals surface area (Å²) in [5.41, 5.74) is -3.09. The third-order valence-electron chi connectivity index (χ3n) is 5.57. The molecule has 1 aliphatic rings. The molecule has 11 heteroatoms. The lowest BCUT2D eigenvalue weighted by atomic mass is 9.93.